The largest absolute Gasteiger partial charge is 0.342 e. The lowest BCUT2D eigenvalue weighted by molar-refractivity contribution is -0.385. The molecule has 2 heterocycles. The Morgan fingerprint density at radius 1 is 1.26 bits per heavy atom. The monoisotopic (exact) mass is 484 g/mol. The van der Waals surface area contributed by atoms with Gasteiger partial charge in [-0.25, -0.2) is 18.4 Å². The summed E-state index contributed by atoms with van der Waals surface area (Å²) in [7, 11) is -3.55. The molecule has 0 aliphatic rings. The Morgan fingerprint density at radius 3 is 2.55 bits per heavy atom. The molecule has 1 atom stereocenters. The minimum Gasteiger partial charge on any atom is -0.342 e. The highest BCUT2D eigenvalue weighted by atomic mass is 35.5. The first kappa shape index (κ1) is 24.2. The average Bonchev–Trinajstić information content (AvgIpc) is 3.16. The van der Waals surface area contributed by atoms with Crippen molar-refractivity contribution in [1.29, 1.82) is 0 Å². The molecule has 31 heavy (non-hydrogen) atoms. The predicted octanol–water partition coefficient (Wildman–Crippen LogP) is 2.23. The third-order valence-corrected chi connectivity index (χ3v) is 5.34. The van der Waals surface area contributed by atoms with E-state index in [9.17, 15) is 23.3 Å². The highest BCUT2D eigenvalue weighted by molar-refractivity contribution is 7.90. The average molecular weight is 485 g/mol. The summed E-state index contributed by atoms with van der Waals surface area (Å²) in [5, 5.41) is 17.6. The molecule has 1 aromatic carbocycles. The number of hydrogen-bond donors (Lipinski definition) is 1. The fraction of sp³-hybridized carbons (Fsp3) is 0.176. The van der Waals surface area contributed by atoms with Gasteiger partial charge >= 0.3 is 0 Å². The second-order valence-corrected chi connectivity index (χ2v) is 8.76. The molecule has 0 bridgehead atoms. The number of pyridine rings is 1. The lowest BCUT2D eigenvalue weighted by Gasteiger charge is -2.15. The van der Waals surface area contributed by atoms with Gasteiger partial charge < -0.3 is 5.32 Å². The Bertz CT molecular complexity index is 1230. The zero-order valence-electron chi connectivity index (χ0n) is 16.2. The van der Waals surface area contributed by atoms with Gasteiger partial charge in [-0.15, -0.1) is 0 Å². The van der Waals surface area contributed by atoms with Crippen molar-refractivity contribution in [2.24, 2.45) is 0 Å². The van der Waals surface area contributed by atoms with E-state index in [2.05, 4.69) is 20.4 Å². The molecule has 3 rings (SSSR count). The molecule has 14 heteroatoms. The molecular formula is C17H17ClN6O5S2. The summed E-state index contributed by atoms with van der Waals surface area (Å²) in [6, 6.07) is 5.86. The van der Waals surface area contributed by atoms with Crippen LogP contribution < -0.4 is 5.32 Å². The van der Waals surface area contributed by atoms with Crippen molar-refractivity contribution in [3.05, 3.63) is 69.4 Å². The van der Waals surface area contributed by atoms with E-state index in [4.69, 9.17) is 11.6 Å². The summed E-state index contributed by atoms with van der Waals surface area (Å²) in [5.41, 5.74) is -0.112. The Hall–Kier alpha value is -3.03. The standard InChI is InChI=1S/C17H15ClN6O5S.H2S/c1-10(22-17(25)11-5-12(18)7-14(6-11)30(2,28)29)16-20-9-21-23(16)15-4-3-13(8-19-15)24(26)27;/h3-10H,1-2H3,(H,22,25);1H2/t10-;/m1./s1. The van der Waals surface area contributed by atoms with Crippen molar-refractivity contribution in [1.82, 2.24) is 25.1 Å². The summed E-state index contributed by atoms with van der Waals surface area (Å²) in [5.74, 6) is 0.0208. The molecule has 11 nitrogen and oxygen atoms in total. The topological polar surface area (TPSA) is 150 Å². The SMILES string of the molecule is C[C@@H](NC(=O)c1cc(Cl)cc(S(C)(=O)=O)c1)c1ncnn1-c1ccc([N+](=O)[O-])cn1.S. The Balaban J connectivity index is 0.00000341. The predicted molar refractivity (Wildman–Crippen MR) is 117 cm³/mol. The maximum Gasteiger partial charge on any atom is 0.287 e. The number of sulfone groups is 1. The van der Waals surface area contributed by atoms with Gasteiger partial charge in [0.25, 0.3) is 11.6 Å². The van der Waals surface area contributed by atoms with E-state index in [0.717, 1.165) is 12.5 Å². The van der Waals surface area contributed by atoms with Crippen LogP contribution in [0.25, 0.3) is 5.82 Å². The molecule has 0 spiro atoms. The molecule has 3 aromatic rings. The molecule has 0 fully saturated rings. The van der Waals surface area contributed by atoms with Crippen molar-refractivity contribution >= 4 is 46.5 Å². The summed E-state index contributed by atoms with van der Waals surface area (Å²) in [4.78, 5) is 30.9. The third-order valence-electron chi connectivity index (χ3n) is 4.03. The molecule has 0 aliphatic carbocycles. The maximum atomic E-state index is 12.6. The van der Waals surface area contributed by atoms with Crippen LogP contribution in [0.1, 0.15) is 29.1 Å². The summed E-state index contributed by atoms with van der Waals surface area (Å²) < 4.78 is 24.9. The van der Waals surface area contributed by atoms with E-state index in [-0.39, 0.29) is 40.5 Å². The number of hydrogen-bond acceptors (Lipinski definition) is 8. The molecule has 1 amide bonds. The van der Waals surface area contributed by atoms with Crippen molar-refractivity contribution < 1.29 is 18.1 Å². The van der Waals surface area contributed by atoms with Crippen molar-refractivity contribution in [2.75, 3.05) is 6.26 Å². The van der Waals surface area contributed by atoms with Crippen LogP contribution in [0.5, 0.6) is 0 Å². The van der Waals surface area contributed by atoms with Gasteiger partial charge in [-0.1, -0.05) is 11.6 Å². The molecule has 0 unspecified atom stereocenters. The van der Waals surface area contributed by atoms with Crippen LogP contribution in [0.15, 0.2) is 47.8 Å². The fourth-order valence-corrected chi connectivity index (χ4v) is 3.57. The van der Waals surface area contributed by atoms with Gasteiger partial charge in [-0.2, -0.15) is 23.3 Å². The van der Waals surface area contributed by atoms with Crippen LogP contribution in [0.4, 0.5) is 5.69 Å². The van der Waals surface area contributed by atoms with Crippen molar-refractivity contribution in [3.8, 4) is 5.82 Å². The number of nitrogens with one attached hydrogen (secondary N) is 1. The maximum absolute atomic E-state index is 12.6. The van der Waals surface area contributed by atoms with Crippen LogP contribution >= 0.6 is 25.1 Å². The van der Waals surface area contributed by atoms with Gasteiger partial charge in [0.1, 0.15) is 12.5 Å². The van der Waals surface area contributed by atoms with E-state index >= 15 is 0 Å². The second kappa shape index (κ2) is 9.41. The molecule has 164 valence electrons. The molecule has 0 saturated heterocycles. The fourth-order valence-electron chi connectivity index (χ4n) is 2.59. The van der Waals surface area contributed by atoms with E-state index in [1.807, 2.05) is 0 Å². The Kier molecular flexibility index (Phi) is 7.36. The van der Waals surface area contributed by atoms with Gasteiger partial charge in [0, 0.05) is 22.9 Å². The van der Waals surface area contributed by atoms with Crippen LogP contribution in [-0.4, -0.2) is 45.3 Å². The second-order valence-electron chi connectivity index (χ2n) is 6.30. The number of halogens is 1. The minimum atomic E-state index is -3.55. The molecule has 0 saturated carbocycles. The molecule has 0 aliphatic heterocycles. The lowest BCUT2D eigenvalue weighted by Crippen LogP contribution is -2.29. The number of nitro groups is 1. The third kappa shape index (κ3) is 5.57. The minimum absolute atomic E-state index is 0. The van der Waals surface area contributed by atoms with Gasteiger partial charge in [0.05, 0.1) is 15.9 Å². The lowest BCUT2D eigenvalue weighted by atomic mass is 10.2. The summed E-state index contributed by atoms with van der Waals surface area (Å²) in [6.45, 7) is 1.64. The molecule has 1 N–H and O–H groups in total. The van der Waals surface area contributed by atoms with Crippen LogP contribution in [0.2, 0.25) is 5.02 Å². The van der Waals surface area contributed by atoms with E-state index in [1.54, 1.807) is 6.92 Å². The number of nitrogens with zero attached hydrogens (tertiary/aromatic N) is 5. The van der Waals surface area contributed by atoms with E-state index in [1.165, 1.54) is 41.3 Å². The van der Waals surface area contributed by atoms with Crippen molar-refractivity contribution in [2.45, 2.75) is 17.9 Å². The first-order valence-electron chi connectivity index (χ1n) is 8.38. The number of rotatable bonds is 6. The van der Waals surface area contributed by atoms with Gasteiger partial charge in [-0.05, 0) is 31.2 Å². The zero-order chi connectivity index (χ0) is 22.1. The number of carbonyl (C=O) groups excluding carboxylic acids is 1. The zero-order valence-corrected chi connectivity index (χ0v) is 18.8. The Labute approximate surface area is 189 Å². The first-order valence-corrected chi connectivity index (χ1v) is 10.7. The van der Waals surface area contributed by atoms with Crippen molar-refractivity contribution in [3.63, 3.8) is 0 Å². The smallest absolute Gasteiger partial charge is 0.287 e. The number of amides is 1. The summed E-state index contributed by atoms with van der Waals surface area (Å²) in [6.07, 6.45) is 3.35. The number of aromatic nitrogens is 4. The number of carbonyl (C=O) groups is 1. The summed E-state index contributed by atoms with van der Waals surface area (Å²) >= 11 is 5.95. The highest BCUT2D eigenvalue weighted by Crippen LogP contribution is 2.21. The highest BCUT2D eigenvalue weighted by Gasteiger charge is 2.20. The van der Waals surface area contributed by atoms with E-state index < -0.39 is 26.7 Å². The Morgan fingerprint density at radius 2 is 1.97 bits per heavy atom. The van der Waals surface area contributed by atoms with Gasteiger partial charge in [0.15, 0.2) is 21.5 Å². The quantitative estimate of drug-likeness (QED) is 0.413. The number of benzene rings is 1. The normalized spacial score (nSPS) is 12.0. The molecular weight excluding hydrogens is 468 g/mol. The van der Waals surface area contributed by atoms with Crippen LogP contribution in [-0.2, 0) is 9.84 Å². The first-order chi connectivity index (χ1) is 14.1. The van der Waals surface area contributed by atoms with Crippen LogP contribution in [0, 0.1) is 10.1 Å². The van der Waals surface area contributed by atoms with E-state index in [0.29, 0.717) is 5.82 Å². The van der Waals surface area contributed by atoms with Gasteiger partial charge in [-0.3, -0.25) is 14.9 Å². The van der Waals surface area contributed by atoms with Gasteiger partial charge in [0.2, 0.25) is 0 Å². The van der Waals surface area contributed by atoms with Crippen LogP contribution in [0.3, 0.4) is 0 Å². The molecule has 0 radical (unpaired) electrons. The molecule has 2 aromatic heterocycles.